The Kier molecular flexibility index (Phi) is 5.28. The number of hydrogen-bond donors (Lipinski definition) is 2. The van der Waals surface area contributed by atoms with E-state index >= 15 is 0 Å². The van der Waals surface area contributed by atoms with E-state index in [-0.39, 0.29) is 11.7 Å². The Hall–Kier alpha value is -3.59. The molecular formula is C21H18N4O4S. The average Bonchev–Trinajstić information content (AvgIpc) is 3.17. The van der Waals surface area contributed by atoms with Gasteiger partial charge < -0.3 is 14.8 Å². The van der Waals surface area contributed by atoms with Gasteiger partial charge in [-0.05, 0) is 42.8 Å². The van der Waals surface area contributed by atoms with Crippen molar-refractivity contribution in [3.05, 3.63) is 70.3 Å². The number of rotatable bonds is 5. The molecule has 152 valence electrons. The third kappa shape index (κ3) is 3.92. The van der Waals surface area contributed by atoms with E-state index in [0.29, 0.717) is 27.7 Å². The summed E-state index contributed by atoms with van der Waals surface area (Å²) >= 11 is 1.41. The lowest BCUT2D eigenvalue weighted by Crippen LogP contribution is -2.06. The van der Waals surface area contributed by atoms with Crippen molar-refractivity contribution in [2.24, 2.45) is 0 Å². The van der Waals surface area contributed by atoms with Gasteiger partial charge in [0.05, 0.1) is 5.69 Å². The number of phenolic OH excluding ortho intramolecular Hbond substituents is 1. The number of fused-ring (bicyclic) bond motifs is 1. The molecule has 1 amide bonds. The van der Waals surface area contributed by atoms with Crippen LogP contribution in [0.5, 0.6) is 5.75 Å². The fraction of sp³-hybridized carbons (Fsp3) is 0.143. The predicted octanol–water partition coefficient (Wildman–Crippen LogP) is 3.64. The molecule has 8 nitrogen and oxygen atoms in total. The lowest BCUT2D eigenvalue weighted by atomic mass is 10.1. The van der Waals surface area contributed by atoms with Crippen molar-refractivity contribution in [3.63, 3.8) is 0 Å². The second-order valence-electron chi connectivity index (χ2n) is 6.68. The summed E-state index contributed by atoms with van der Waals surface area (Å²) in [6.07, 6.45) is 1.59. The van der Waals surface area contributed by atoms with Gasteiger partial charge in [0.15, 0.2) is 5.16 Å². The van der Waals surface area contributed by atoms with E-state index in [1.54, 1.807) is 36.0 Å². The van der Waals surface area contributed by atoms with Crippen LogP contribution in [0.2, 0.25) is 0 Å². The lowest BCUT2D eigenvalue weighted by Gasteiger charge is -2.10. The highest BCUT2D eigenvalue weighted by Crippen LogP contribution is 2.31. The van der Waals surface area contributed by atoms with Gasteiger partial charge in [0.1, 0.15) is 17.7 Å². The van der Waals surface area contributed by atoms with Gasteiger partial charge in [-0.1, -0.05) is 17.8 Å². The van der Waals surface area contributed by atoms with Crippen LogP contribution < -0.4 is 10.9 Å². The van der Waals surface area contributed by atoms with Gasteiger partial charge in [-0.3, -0.25) is 9.36 Å². The molecule has 0 unspecified atom stereocenters. The summed E-state index contributed by atoms with van der Waals surface area (Å²) in [6.45, 7) is 3.16. The third-order valence-electron chi connectivity index (χ3n) is 4.54. The van der Waals surface area contributed by atoms with Crippen LogP contribution in [0.1, 0.15) is 18.1 Å². The molecule has 0 atom stereocenters. The number of hydrogen-bond acceptors (Lipinski definition) is 7. The van der Waals surface area contributed by atoms with Crippen LogP contribution in [0.4, 0.5) is 5.69 Å². The second-order valence-corrected chi connectivity index (χ2v) is 7.62. The van der Waals surface area contributed by atoms with Crippen LogP contribution in [0.25, 0.3) is 16.7 Å². The minimum absolute atomic E-state index is 0.0780. The number of nitrogens with zero attached hydrogens (tertiary/aromatic N) is 3. The molecule has 2 aromatic carbocycles. The maximum absolute atomic E-state index is 12.0. The predicted molar refractivity (Wildman–Crippen MR) is 114 cm³/mol. The Morgan fingerprint density at radius 2 is 2.10 bits per heavy atom. The Balaban J connectivity index is 1.64. The number of anilines is 1. The largest absolute Gasteiger partial charge is 0.508 e. The smallest absolute Gasteiger partial charge is 0.336 e. The molecule has 0 saturated carbocycles. The number of nitrogens with one attached hydrogen (secondary N) is 1. The quantitative estimate of drug-likeness (QED) is 0.373. The lowest BCUT2D eigenvalue weighted by molar-refractivity contribution is -0.114. The van der Waals surface area contributed by atoms with Crippen molar-refractivity contribution in [2.45, 2.75) is 24.8 Å². The monoisotopic (exact) mass is 422 g/mol. The van der Waals surface area contributed by atoms with Gasteiger partial charge in [-0.2, -0.15) is 0 Å². The summed E-state index contributed by atoms with van der Waals surface area (Å²) in [5.74, 6) is 0.381. The van der Waals surface area contributed by atoms with Gasteiger partial charge in [0.25, 0.3) is 0 Å². The molecule has 0 aliphatic carbocycles. The average molecular weight is 422 g/mol. The molecule has 9 heteroatoms. The SMILES string of the molecule is CC(=O)Nc1cccc(-n2cnnc2SCc2cc(=O)oc3c(C)c(O)ccc23)c1. The van der Waals surface area contributed by atoms with Crippen LogP contribution in [0, 0.1) is 6.92 Å². The summed E-state index contributed by atoms with van der Waals surface area (Å²) in [4.78, 5) is 23.3. The molecule has 2 aromatic heterocycles. The van der Waals surface area contributed by atoms with Crippen LogP contribution in [-0.2, 0) is 10.5 Å². The molecule has 0 spiro atoms. The molecule has 0 fully saturated rings. The second kappa shape index (κ2) is 8.03. The van der Waals surface area contributed by atoms with Crippen LogP contribution in [0.3, 0.4) is 0 Å². The highest BCUT2D eigenvalue weighted by molar-refractivity contribution is 7.98. The summed E-state index contributed by atoms with van der Waals surface area (Å²) in [5, 5.41) is 22.2. The number of aromatic nitrogens is 3. The Morgan fingerprint density at radius 1 is 1.27 bits per heavy atom. The van der Waals surface area contributed by atoms with E-state index in [9.17, 15) is 14.7 Å². The number of phenols is 1. The number of amides is 1. The minimum atomic E-state index is -0.476. The summed E-state index contributed by atoms with van der Waals surface area (Å²) in [6, 6.07) is 12.1. The minimum Gasteiger partial charge on any atom is -0.508 e. The molecule has 0 bridgehead atoms. The molecule has 0 aliphatic heterocycles. The molecule has 4 rings (SSSR count). The van der Waals surface area contributed by atoms with E-state index in [4.69, 9.17) is 4.42 Å². The number of carbonyl (C=O) groups excluding carboxylic acids is 1. The standard InChI is InChI=1S/C21H18N4O4S/c1-12-18(27)7-6-17-14(8-19(28)29-20(12)17)10-30-21-24-22-11-25(21)16-5-3-4-15(9-16)23-13(2)26/h3-9,11,27H,10H2,1-2H3,(H,23,26). The molecular weight excluding hydrogens is 404 g/mol. The highest BCUT2D eigenvalue weighted by atomic mass is 32.2. The van der Waals surface area contributed by atoms with Gasteiger partial charge in [-0.25, -0.2) is 4.79 Å². The summed E-state index contributed by atoms with van der Waals surface area (Å²) < 4.78 is 7.10. The molecule has 4 aromatic rings. The van der Waals surface area contributed by atoms with Crippen molar-refractivity contribution >= 4 is 34.3 Å². The molecule has 2 N–H and O–H groups in total. The van der Waals surface area contributed by atoms with Crippen LogP contribution in [0.15, 0.2) is 63.2 Å². The first-order valence-corrected chi connectivity index (χ1v) is 10.1. The van der Waals surface area contributed by atoms with Crippen molar-refractivity contribution in [3.8, 4) is 11.4 Å². The summed E-state index contributed by atoms with van der Waals surface area (Å²) in [7, 11) is 0. The van der Waals surface area contributed by atoms with Crippen molar-refractivity contribution in [1.29, 1.82) is 0 Å². The first-order valence-electron chi connectivity index (χ1n) is 9.08. The summed E-state index contributed by atoms with van der Waals surface area (Å²) in [5.41, 5.74) is 2.67. The normalized spacial score (nSPS) is 11.0. The number of thioether (sulfide) groups is 1. The Labute approximate surface area is 175 Å². The van der Waals surface area contributed by atoms with Gasteiger partial charge in [0.2, 0.25) is 5.91 Å². The topological polar surface area (TPSA) is 110 Å². The number of aromatic hydroxyl groups is 1. The van der Waals surface area contributed by atoms with E-state index in [1.807, 2.05) is 18.2 Å². The number of carbonyl (C=O) groups is 1. The first-order chi connectivity index (χ1) is 14.4. The molecule has 0 saturated heterocycles. The van der Waals surface area contributed by atoms with E-state index in [2.05, 4.69) is 15.5 Å². The van der Waals surface area contributed by atoms with E-state index < -0.39 is 5.63 Å². The molecule has 30 heavy (non-hydrogen) atoms. The Bertz CT molecular complexity index is 1310. The zero-order valence-electron chi connectivity index (χ0n) is 16.2. The maximum Gasteiger partial charge on any atom is 0.336 e. The van der Waals surface area contributed by atoms with Crippen molar-refractivity contribution in [1.82, 2.24) is 14.8 Å². The van der Waals surface area contributed by atoms with E-state index in [0.717, 1.165) is 16.6 Å². The van der Waals surface area contributed by atoms with Gasteiger partial charge >= 0.3 is 5.63 Å². The number of aryl methyl sites for hydroxylation is 1. The molecule has 2 heterocycles. The Morgan fingerprint density at radius 3 is 2.90 bits per heavy atom. The molecule has 0 radical (unpaired) electrons. The first kappa shape index (κ1) is 19.7. The van der Waals surface area contributed by atoms with Crippen LogP contribution >= 0.6 is 11.8 Å². The zero-order chi connectivity index (χ0) is 21.3. The highest BCUT2D eigenvalue weighted by Gasteiger charge is 2.13. The van der Waals surface area contributed by atoms with Gasteiger partial charge in [-0.15, -0.1) is 10.2 Å². The van der Waals surface area contributed by atoms with E-state index in [1.165, 1.54) is 24.8 Å². The van der Waals surface area contributed by atoms with Crippen molar-refractivity contribution in [2.75, 3.05) is 5.32 Å². The number of benzene rings is 2. The molecule has 0 aliphatic rings. The fourth-order valence-electron chi connectivity index (χ4n) is 3.11. The van der Waals surface area contributed by atoms with Crippen molar-refractivity contribution < 1.29 is 14.3 Å². The maximum atomic E-state index is 12.0. The zero-order valence-corrected chi connectivity index (χ0v) is 17.1. The van der Waals surface area contributed by atoms with Crippen LogP contribution in [-0.4, -0.2) is 25.8 Å². The third-order valence-corrected chi connectivity index (χ3v) is 5.53. The fourth-order valence-corrected chi connectivity index (χ4v) is 4.03. The van der Waals surface area contributed by atoms with Gasteiger partial charge in [0, 0.05) is 35.4 Å².